The van der Waals surface area contributed by atoms with Gasteiger partial charge in [0, 0.05) is 30.1 Å². The summed E-state index contributed by atoms with van der Waals surface area (Å²) in [5.41, 5.74) is 0.285. The van der Waals surface area contributed by atoms with E-state index in [-0.39, 0.29) is 17.9 Å². The van der Waals surface area contributed by atoms with Crippen molar-refractivity contribution in [3.05, 3.63) is 28.2 Å². The second-order valence-electron chi connectivity index (χ2n) is 5.86. The molecule has 0 saturated carbocycles. The van der Waals surface area contributed by atoms with Crippen LogP contribution in [-0.4, -0.2) is 43.6 Å². The third-order valence-electron chi connectivity index (χ3n) is 4.37. The first-order valence-electron chi connectivity index (χ1n) is 7.14. The van der Waals surface area contributed by atoms with E-state index in [0.29, 0.717) is 15.8 Å². The Bertz CT molecular complexity index is 544. The smallest absolute Gasteiger partial charge is 0.260 e. The van der Waals surface area contributed by atoms with E-state index in [1.54, 1.807) is 18.2 Å². The number of hydrogen-bond acceptors (Lipinski definition) is 3. The van der Waals surface area contributed by atoms with Gasteiger partial charge in [0.15, 0.2) is 6.61 Å². The molecule has 2 aliphatic rings. The molecule has 114 valence electrons. The maximum Gasteiger partial charge on any atom is 0.260 e. The molecule has 1 spiro atoms. The number of likely N-dealkylation sites (tertiary alicyclic amines) is 1. The van der Waals surface area contributed by atoms with E-state index in [1.807, 2.05) is 4.90 Å². The first kappa shape index (κ1) is 14.9. The maximum absolute atomic E-state index is 12.2. The highest BCUT2D eigenvalue weighted by Gasteiger charge is 2.41. The van der Waals surface area contributed by atoms with Gasteiger partial charge in [-0.2, -0.15) is 0 Å². The molecule has 2 heterocycles. The SMILES string of the molecule is O=C(COc1ccc(Cl)cc1Cl)N1CCC2(CCNC2)C1. The Morgan fingerprint density at radius 2 is 2.24 bits per heavy atom. The number of halogens is 2. The molecule has 4 nitrogen and oxygen atoms in total. The van der Waals surface area contributed by atoms with Crippen molar-refractivity contribution in [3.63, 3.8) is 0 Å². The lowest BCUT2D eigenvalue weighted by molar-refractivity contribution is -0.132. The van der Waals surface area contributed by atoms with Crippen LogP contribution < -0.4 is 10.1 Å². The Labute approximate surface area is 134 Å². The molecule has 6 heteroatoms. The van der Waals surface area contributed by atoms with E-state index in [4.69, 9.17) is 27.9 Å². The normalized spacial score (nSPS) is 24.8. The Morgan fingerprint density at radius 1 is 1.38 bits per heavy atom. The minimum absolute atomic E-state index is 0.0183. The lowest BCUT2D eigenvalue weighted by Gasteiger charge is -2.22. The van der Waals surface area contributed by atoms with E-state index in [1.165, 1.54) is 0 Å². The number of carbonyl (C=O) groups excluding carboxylic acids is 1. The third kappa shape index (κ3) is 3.28. The average Bonchev–Trinajstić information content (AvgIpc) is 3.08. The molecule has 2 fully saturated rings. The summed E-state index contributed by atoms with van der Waals surface area (Å²) < 4.78 is 5.52. The molecule has 1 aromatic carbocycles. The summed E-state index contributed by atoms with van der Waals surface area (Å²) in [6.45, 7) is 3.74. The van der Waals surface area contributed by atoms with E-state index in [2.05, 4.69) is 5.32 Å². The zero-order valence-corrected chi connectivity index (χ0v) is 13.2. The third-order valence-corrected chi connectivity index (χ3v) is 4.90. The van der Waals surface area contributed by atoms with Crippen molar-refractivity contribution in [3.8, 4) is 5.75 Å². The van der Waals surface area contributed by atoms with Gasteiger partial charge in [-0.3, -0.25) is 4.79 Å². The zero-order chi connectivity index (χ0) is 14.9. The van der Waals surface area contributed by atoms with Gasteiger partial charge < -0.3 is 15.0 Å². The second kappa shape index (κ2) is 6.03. The number of carbonyl (C=O) groups is 1. The highest BCUT2D eigenvalue weighted by atomic mass is 35.5. The van der Waals surface area contributed by atoms with Gasteiger partial charge in [0.05, 0.1) is 5.02 Å². The van der Waals surface area contributed by atoms with Crippen molar-refractivity contribution >= 4 is 29.1 Å². The highest BCUT2D eigenvalue weighted by molar-refractivity contribution is 6.35. The summed E-state index contributed by atoms with van der Waals surface area (Å²) in [6.07, 6.45) is 2.23. The fourth-order valence-electron chi connectivity index (χ4n) is 3.11. The van der Waals surface area contributed by atoms with Gasteiger partial charge in [0.1, 0.15) is 5.75 Å². The lowest BCUT2D eigenvalue weighted by atomic mass is 9.87. The Balaban J connectivity index is 1.55. The van der Waals surface area contributed by atoms with Crippen LogP contribution in [0.1, 0.15) is 12.8 Å². The molecule has 0 aliphatic carbocycles. The van der Waals surface area contributed by atoms with Gasteiger partial charge in [0.2, 0.25) is 0 Å². The minimum Gasteiger partial charge on any atom is -0.482 e. The number of rotatable bonds is 3. The van der Waals surface area contributed by atoms with Crippen LogP contribution in [0.5, 0.6) is 5.75 Å². The summed E-state index contributed by atoms with van der Waals surface area (Å²) >= 11 is 11.9. The zero-order valence-electron chi connectivity index (χ0n) is 11.7. The molecule has 0 radical (unpaired) electrons. The minimum atomic E-state index is 0.0183. The highest BCUT2D eigenvalue weighted by Crippen LogP contribution is 2.36. The quantitative estimate of drug-likeness (QED) is 0.927. The molecule has 0 aromatic heterocycles. The molecule has 1 unspecified atom stereocenters. The first-order chi connectivity index (χ1) is 10.1. The predicted molar refractivity (Wildman–Crippen MR) is 83.1 cm³/mol. The molecule has 2 aliphatic heterocycles. The fraction of sp³-hybridized carbons (Fsp3) is 0.533. The van der Waals surface area contributed by atoms with Gasteiger partial charge in [-0.25, -0.2) is 0 Å². The number of nitrogens with zero attached hydrogens (tertiary/aromatic N) is 1. The van der Waals surface area contributed by atoms with Crippen molar-refractivity contribution in [1.29, 1.82) is 0 Å². The van der Waals surface area contributed by atoms with Crippen LogP contribution in [0.25, 0.3) is 0 Å². The van der Waals surface area contributed by atoms with Gasteiger partial charge in [-0.1, -0.05) is 23.2 Å². The molecule has 1 aromatic rings. The summed E-state index contributed by atoms with van der Waals surface area (Å²) in [7, 11) is 0. The van der Waals surface area contributed by atoms with E-state index < -0.39 is 0 Å². The van der Waals surface area contributed by atoms with Crippen LogP contribution in [0.4, 0.5) is 0 Å². The molecule has 1 N–H and O–H groups in total. The number of amides is 1. The van der Waals surface area contributed by atoms with E-state index >= 15 is 0 Å². The molecule has 1 amide bonds. The predicted octanol–water partition coefficient (Wildman–Crippen LogP) is 2.58. The Hall–Kier alpha value is -0.970. The van der Waals surface area contributed by atoms with Gasteiger partial charge >= 0.3 is 0 Å². The summed E-state index contributed by atoms with van der Waals surface area (Å²) in [5, 5.41) is 4.36. The van der Waals surface area contributed by atoms with Crippen molar-refractivity contribution in [2.24, 2.45) is 5.41 Å². The van der Waals surface area contributed by atoms with Crippen LogP contribution in [0, 0.1) is 5.41 Å². The molecular formula is C15H18Cl2N2O2. The van der Waals surface area contributed by atoms with Crippen LogP contribution >= 0.6 is 23.2 Å². The largest absolute Gasteiger partial charge is 0.482 e. The van der Waals surface area contributed by atoms with E-state index in [9.17, 15) is 4.79 Å². The average molecular weight is 329 g/mol. The van der Waals surface area contributed by atoms with Crippen molar-refractivity contribution < 1.29 is 9.53 Å². The second-order valence-corrected chi connectivity index (χ2v) is 6.70. The van der Waals surface area contributed by atoms with E-state index in [0.717, 1.165) is 39.0 Å². The number of nitrogens with one attached hydrogen (secondary N) is 1. The van der Waals surface area contributed by atoms with Gasteiger partial charge in [0.25, 0.3) is 5.91 Å². The molecular weight excluding hydrogens is 311 g/mol. The molecule has 21 heavy (non-hydrogen) atoms. The van der Waals surface area contributed by atoms with Gasteiger partial charge in [-0.05, 0) is 37.6 Å². The number of benzene rings is 1. The molecule has 1 atom stereocenters. The Morgan fingerprint density at radius 3 is 2.95 bits per heavy atom. The van der Waals surface area contributed by atoms with Crippen molar-refractivity contribution in [1.82, 2.24) is 10.2 Å². The summed E-state index contributed by atoms with van der Waals surface area (Å²) in [6, 6.07) is 4.99. The lowest BCUT2D eigenvalue weighted by Crippen LogP contribution is -2.36. The fourth-order valence-corrected chi connectivity index (χ4v) is 3.58. The number of hydrogen-bond donors (Lipinski definition) is 1. The first-order valence-corrected chi connectivity index (χ1v) is 7.90. The molecule has 3 rings (SSSR count). The molecule has 2 saturated heterocycles. The van der Waals surface area contributed by atoms with Gasteiger partial charge in [-0.15, -0.1) is 0 Å². The summed E-state index contributed by atoms with van der Waals surface area (Å²) in [4.78, 5) is 14.1. The topological polar surface area (TPSA) is 41.6 Å². The maximum atomic E-state index is 12.2. The van der Waals surface area contributed by atoms with Crippen LogP contribution in [0.15, 0.2) is 18.2 Å². The van der Waals surface area contributed by atoms with Crippen molar-refractivity contribution in [2.45, 2.75) is 12.8 Å². The molecule has 0 bridgehead atoms. The van der Waals surface area contributed by atoms with Crippen LogP contribution in [0.3, 0.4) is 0 Å². The monoisotopic (exact) mass is 328 g/mol. The van der Waals surface area contributed by atoms with Crippen molar-refractivity contribution in [2.75, 3.05) is 32.8 Å². The van der Waals surface area contributed by atoms with Crippen LogP contribution in [0.2, 0.25) is 10.0 Å². The Kier molecular flexibility index (Phi) is 4.29. The standard InChI is InChI=1S/C15H18Cl2N2O2/c16-11-1-2-13(12(17)7-11)21-8-14(20)19-6-4-15(10-19)3-5-18-9-15/h1-2,7,18H,3-6,8-10H2. The summed E-state index contributed by atoms with van der Waals surface area (Å²) in [5.74, 6) is 0.510. The number of ether oxygens (including phenoxy) is 1. The van der Waals surface area contributed by atoms with Crippen LogP contribution in [-0.2, 0) is 4.79 Å².